The van der Waals surface area contributed by atoms with E-state index < -0.39 is 0 Å². The van der Waals surface area contributed by atoms with E-state index in [1.54, 1.807) is 6.92 Å². The summed E-state index contributed by atoms with van der Waals surface area (Å²) in [5.74, 6) is 0. The fourth-order valence-corrected chi connectivity index (χ4v) is 0.850. The monoisotopic (exact) mass is 161 g/mol. The van der Waals surface area contributed by atoms with Gasteiger partial charge in [0.25, 0.3) is 0 Å². The van der Waals surface area contributed by atoms with Crippen LogP contribution < -0.4 is 5.32 Å². The van der Waals surface area contributed by atoms with E-state index in [4.69, 9.17) is 10.2 Å². The standard InChI is InChI=1S/C8H19NO2/c1-8(11)7-9-5-3-2-4-6-10/h8-11H,2-7H2,1H3/t8-/m0/s1. The van der Waals surface area contributed by atoms with Crippen molar-refractivity contribution in [1.82, 2.24) is 5.32 Å². The van der Waals surface area contributed by atoms with Crippen LogP contribution in [0.4, 0.5) is 0 Å². The van der Waals surface area contributed by atoms with E-state index in [-0.39, 0.29) is 12.7 Å². The third-order valence-corrected chi connectivity index (χ3v) is 1.45. The van der Waals surface area contributed by atoms with Crippen molar-refractivity contribution in [2.24, 2.45) is 0 Å². The molecule has 3 N–H and O–H groups in total. The molecule has 0 spiro atoms. The van der Waals surface area contributed by atoms with Gasteiger partial charge in [0.1, 0.15) is 0 Å². The van der Waals surface area contributed by atoms with Crippen LogP contribution in [0.5, 0.6) is 0 Å². The summed E-state index contributed by atoms with van der Waals surface area (Å²) in [5.41, 5.74) is 0. The molecule has 0 saturated heterocycles. The van der Waals surface area contributed by atoms with Crippen molar-refractivity contribution in [2.75, 3.05) is 19.7 Å². The fraction of sp³-hybridized carbons (Fsp3) is 1.00. The first-order valence-electron chi connectivity index (χ1n) is 4.27. The second kappa shape index (κ2) is 7.98. The quantitative estimate of drug-likeness (QED) is 0.465. The molecule has 1 atom stereocenters. The molecule has 0 fully saturated rings. The Morgan fingerprint density at radius 3 is 2.55 bits per heavy atom. The second-order valence-electron chi connectivity index (χ2n) is 2.84. The zero-order valence-electron chi connectivity index (χ0n) is 7.21. The first-order chi connectivity index (χ1) is 5.27. The Bertz CT molecular complexity index is 76.5. The van der Waals surface area contributed by atoms with E-state index in [1.807, 2.05) is 0 Å². The van der Waals surface area contributed by atoms with Crippen LogP contribution in [0.2, 0.25) is 0 Å². The third kappa shape index (κ3) is 9.88. The number of hydrogen-bond donors (Lipinski definition) is 3. The van der Waals surface area contributed by atoms with Gasteiger partial charge in [-0.15, -0.1) is 0 Å². The van der Waals surface area contributed by atoms with Crippen LogP contribution in [0.3, 0.4) is 0 Å². The maximum Gasteiger partial charge on any atom is 0.0636 e. The Morgan fingerprint density at radius 1 is 1.27 bits per heavy atom. The SMILES string of the molecule is C[C@H](O)CNCCCCCO. The third-order valence-electron chi connectivity index (χ3n) is 1.45. The molecule has 0 amide bonds. The van der Waals surface area contributed by atoms with Crippen molar-refractivity contribution >= 4 is 0 Å². The molecule has 0 aromatic rings. The van der Waals surface area contributed by atoms with Gasteiger partial charge in [-0.2, -0.15) is 0 Å². The van der Waals surface area contributed by atoms with Gasteiger partial charge < -0.3 is 15.5 Å². The van der Waals surface area contributed by atoms with E-state index in [0.717, 1.165) is 25.8 Å². The minimum Gasteiger partial charge on any atom is -0.396 e. The van der Waals surface area contributed by atoms with Gasteiger partial charge in [-0.3, -0.25) is 0 Å². The molecule has 0 saturated carbocycles. The number of aliphatic hydroxyl groups excluding tert-OH is 2. The predicted molar refractivity (Wildman–Crippen MR) is 45.5 cm³/mol. The highest BCUT2D eigenvalue weighted by Crippen LogP contribution is 1.91. The molecular formula is C8H19NO2. The molecule has 0 rings (SSSR count). The van der Waals surface area contributed by atoms with Gasteiger partial charge >= 0.3 is 0 Å². The van der Waals surface area contributed by atoms with Crippen molar-refractivity contribution in [3.05, 3.63) is 0 Å². The van der Waals surface area contributed by atoms with Crippen molar-refractivity contribution in [3.8, 4) is 0 Å². The number of nitrogens with one attached hydrogen (secondary N) is 1. The smallest absolute Gasteiger partial charge is 0.0636 e. The van der Waals surface area contributed by atoms with Crippen LogP contribution in [-0.4, -0.2) is 36.0 Å². The molecule has 0 aliphatic rings. The van der Waals surface area contributed by atoms with Gasteiger partial charge in [0.15, 0.2) is 0 Å². The minimum absolute atomic E-state index is 0.257. The minimum atomic E-state index is -0.257. The molecule has 0 aromatic carbocycles. The molecule has 0 radical (unpaired) electrons. The van der Waals surface area contributed by atoms with E-state index >= 15 is 0 Å². The summed E-state index contributed by atoms with van der Waals surface area (Å²) in [6.45, 7) is 3.65. The zero-order valence-corrected chi connectivity index (χ0v) is 7.21. The van der Waals surface area contributed by atoms with E-state index in [9.17, 15) is 0 Å². The first kappa shape index (κ1) is 10.9. The fourth-order valence-electron chi connectivity index (χ4n) is 0.850. The van der Waals surface area contributed by atoms with Gasteiger partial charge in [-0.1, -0.05) is 0 Å². The maximum absolute atomic E-state index is 8.85. The van der Waals surface area contributed by atoms with Crippen LogP contribution in [0.25, 0.3) is 0 Å². The Balaban J connectivity index is 2.80. The van der Waals surface area contributed by atoms with Gasteiger partial charge in [0, 0.05) is 13.2 Å². The van der Waals surface area contributed by atoms with Crippen molar-refractivity contribution in [1.29, 1.82) is 0 Å². The Morgan fingerprint density at radius 2 is 2.00 bits per heavy atom. The number of rotatable bonds is 7. The molecular weight excluding hydrogens is 142 g/mol. The molecule has 3 nitrogen and oxygen atoms in total. The van der Waals surface area contributed by atoms with Crippen LogP contribution in [0.15, 0.2) is 0 Å². The number of hydrogen-bond acceptors (Lipinski definition) is 3. The summed E-state index contributed by atoms with van der Waals surface area (Å²) >= 11 is 0. The summed E-state index contributed by atoms with van der Waals surface area (Å²) in [6.07, 6.45) is 2.76. The lowest BCUT2D eigenvalue weighted by Crippen LogP contribution is -2.25. The highest BCUT2D eigenvalue weighted by atomic mass is 16.3. The summed E-state index contributed by atoms with van der Waals surface area (Å²) in [4.78, 5) is 0. The summed E-state index contributed by atoms with van der Waals surface area (Å²) in [5, 5.41) is 20.4. The Labute approximate surface area is 68.4 Å². The summed E-state index contributed by atoms with van der Waals surface area (Å²) in [6, 6.07) is 0. The highest BCUT2D eigenvalue weighted by molar-refractivity contribution is 4.52. The Hall–Kier alpha value is -0.120. The average molecular weight is 161 g/mol. The van der Waals surface area contributed by atoms with Crippen molar-refractivity contribution in [3.63, 3.8) is 0 Å². The largest absolute Gasteiger partial charge is 0.396 e. The molecule has 0 heterocycles. The van der Waals surface area contributed by atoms with Crippen LogP contribution in [0.1, 0.15) is 26.2 Å². The summed E-state index contributed by atoms with van der Waals surface area (Å²) in [7, 11) is 0. The highest BCUT2D eigenvalue weighted by Gasteiger charge is 1.92. The molecule has 0 bridgehead atoms. The van der Waals surface area contributed by atoms with Gasteiger partial charge in [-0.05, 0) is 32.7 Å². The molecule has 0 aliphatic carbocycles. The lowest BCUT2D eigenvalue weighted by atomic mass is 10.2. The van der Waals surface area contributed by atoms with Crippen molar-refractivity contribution in [2.45, 2.75) is 32.3 Å². The van der Waals surface area contributed by atoms with E-state index in [2.05, 4.69) is 5.32 Å². The van der Waals surface area contributed by atoms with E-state index in [1.165, 1.54) is 0 Å². The molecule has 0 aromatic heterocycles. The normalized spacial score (nSPS) is 13.4. The maximum atomic E-state index is 8.85. The number of unbranched alkanes of at least 4 members (excludes halogenated alkanes) is 2. The van der Waals surface area contributed by atoms with Crippen LogP contribution in [-0.2, 0) is 0 Å². The van der Waals surface area contributed by atoms with Gasteiger partial charge in [-0.25, -0.2) is 0 Å². The zero-order chi connectivity index (χ0) is 8.53. The molecule has 3 heteroatoms. The second-order valence-corrected chi connectivity index (χ2v) is 2.84. The van der Waals surface area contributed by atoms with Crippen molar-refractivity contribution < 1.29 is 10.2 Å². The van der Waals surface area contributed by atoms with Crippen LogP contribution in [0, 0.1) is 0 Å². The first-order valence-corrected chi connectivity index (χ1v) is 4.27. The predicted octanol–water partition coefficient (Wildman–Crippen LogP) is 0.119. The van der Waals surface area contributed by atoms with E-state index in [0.29, 0.717) is 6.54 Å². The average Bonchev–Trinajstić information content (AvgIpc) is 1.96. The molecule has 0 unspecified atom stereocenters. The molecule has 11 heavy (non-hydrogen) atoms. The van der Waals surface area contributed by atoms with Gasteiger partial charge in [0.05, 0.1) is 6.10 Å². The summed E-state index contributed by atoms with van der Waals surface area (Å²) < 4.78 is 0. The number of aliphatic hydroxyl groups is 2. The topological polar surface area (TPSA) is 52.5 Å². The molecule has 68 valence electrons. The van der Waals surface area contributed by atoms with Gasteiger partial charge in [0.2, 0.25) is 0 Å². The van der Waals surface area contributed by atoms with Crippen LogP contribution >= 0.6 is 0 Å². The Kier molecular flexibility index (Phi) is 7.89. The molecule has 0 aliphatic heterocycles. The lowest BCUT2D eigenvalue weighted by Gasteiger charge is -2.05. The lowest BCUT2D eigenvalue weighted by molar-refractivity contribution is 0.191.